The summed E-state index contributed by atoms with van der Waals surface area (Å²) in [5.41, 5.74) is 1.44. The number of ether oxygens (including phenoxy) is 1. The summed E-state index contributed by atoms with van der Waals surface area (Å²) in [5, 5.41) is 3.10. The van der Waals surface area contributed by atoms with Crippen LogP contribution in [0.5, 0.6) is 5.75 Å². The second kappa shape index (κ2) is 4.22. The zero-order valence-corrected chi connectivity index (χ0v) is 10.1. The third kappa shape index (κ3) is 2.22. The van der Waals surface area contributed by atoms with Crippen LogP contribution in [0.25, 0.3) is 0 Å². The first-order valence-corrected chi connectivity index (χ1v) is 5.58. The van der Waals surface area contributed by atoms with Gasteiger partial charge in [0.15, 0.2) is 5.78 Å². The molecule has 0 spiro atoms. The number of thiocarbonyl (C=S) groups is 1. The molecule has 1 aromatic carbocycles. The van der Waals surface area contributed by atoms with Crippen LogP contribution in [0.4, 0.5) is 5.69 Å². The molecule has 0 aromatic heterocycles. The summed E-state index contributed by atoms with van der Waals surface area (Å²) in [6.45, 7) is 3.52. The van der Waals surface area contributed by atoms with Crippen molar-refractivity contribution in [3.63, 3.8) is 0 Å². The van der Waals surface area contributed by atoms with E-state index in [1.807, 2.05) is 13.0 Å². The number of benzene rings is 1. The molecule has 0 amide bonds. The number of carbonyl (C=O) groups excluding carboxylic acids is 1. The molecule has 0 saturated heterocycles. The molecule has 3 nitrogen and oxygen atoms in total. The van der Waals surface area contributed by atoms with E-state index in [0.29, 0.717) is 12.0 Å². The molecule has 84 valence electrons. The third-order valence-electron chi connectivity index (χ3n) is 2.46. The Kier molecular flexibility index (Phi) is 2.92. The number of hydrogen-bond acceptors (Lipinski definition) is 3. The molecule has 16 heavy (non-hydrogen) atoms. The van der Waals surface area contributed by atoms with Gasteiger partial charge in [-0.15, -0.1) is 0 Å². The van der Waals surface area contributed by atoms with E-state index in [1.54, 1.807) is 19.1 Å². The van der Waals surface area contributed by atoms with Gasteiger partial charge in [-0.1, -0.05) is 12.2 Å². The normalized spacial score (nSPS) is 19.1. The Morgan fingerprint density at radius 2 is 2.31 bits per heavy atom. The lowest BCUT2D eigenvalue weighted by molar-refractivity contribution is 0.101. The zero-order chi connectivity index (χ0) is 11.7. The molecule has 1 aromatic rings. The maximum absolute atomic E-state index is 11.3. The monoisotopic (exact) mass is 235 g/mol. The molecule has 4 heteroatoms. The fourth-order valence-electron chi connectivity index (χ4n) is 1.67. The zero-order valence-electron chi connectivity index (χ0n) is 9.24. The van der Waals surface area contributed by atoms with Crippen LogP contribution in [0, 0.1) is 0 Å². The van der Waals surface area contributed by atoms with Gasteiger partial charge >= 0.3 is 0 Å². The van der Waals surface area contributed by atoms with Crippen LogP contribution >= 0.6 is 12.2 Å². The minimum absolute atomic E-state index is 0.0350. The molecule has 1 aliphatic rings. The summed E-state index contributed by atoms with van der Waals surface area (Å²) >= 11 is 5.18. The van der Waals surface area contributed by atoms with E-state index < -0.39 is 0 Å². The van der Waals surface area contributed by atoms with Crippen LogP contribution in [0.15, 0.2) is 18.2 Å². The topological polar surface area (TPSA) is 38.3 Å². The van der Waals surface area contributed by atoms with Gasteiger partial charge in [0.2, 0.25) is 0 Å². The summed E-state index contributed by atoms with van der Waals surface area (Å²) < 4.78 is 5.70. The first-order valence-electron chi connectivity index (χ1n) is 5.18. The molecule has 1 heterocycles. The van der Waals surface area contributed by atoms with Gasteiger partial charge < -0.3 is 10.1 Å². The van der Waals surface area contributed by atoms with E-state index in [9.17, 15) is 4.79 Å². The van der Waals surface area contributed by atoms with Crippen molar-refractivity contribution in [2.45, 2.75) is 26.4 Å². The molecule has 1 unspecified atom stereocenters. The summed E-state index contributed by atoms with van der Waals surface area (Å²) in [5.74, 6) is 0.783. The van der Waals surface area contributed by atoms with Crippen LogP contribution in [0.3, 0.4) is 0 Å². The Morgan fingerprint density at radius 1 is 1.56 bits per heavy atom. The molecular weight excluding hydrogens is 222 g/mol. The number of hydrogen-bond donors (Lipinski definition) is 1. The van der Waals surface area contributed by atoms with E-state index in [2.05, 4.69) is 5.32 Å². The van der Waals surface area contributed by atoms with Crippen molar-refractivity contribution in [3.05, 3.63) is 23.8 Å². The number of rotatable bonds is 1. The number of nitrogens with one attached hydrogen (secondary N) is 1. The molecule has 0 aliphatic carbocycles. The largest absolute Gasteiger partial charge is 0.488 e. The number of fused-ring (bicyclic) bond motifs is 1. The lowest BCUT2D eigenvalue weighted by atomic mass is 10.1. The van der Waals surface area contributed by atoms with Crippen molar-refractivity contribution in [2.24, 2.45) is 0 Å². The van der Waals surface area contributed by atoms with Gasteiger partial charge in [-0.2, -0.15) is 0 Å². The van der Waals surface area contributed by atoms with E-state index in [0.717, 1.165) is 16.4 Å². The van der Waals surface area contributed by atoms with Crippen LogP contribution in [0.1, 0.15) is 30.6 Å². The first kappa shape index (κ1) is 11.1. The predicted octanol–water partition coefficient (Wildman–Crippen LogP) is 2.80. The maximum atomic E-state index is 11.3. The standard InChI is InChI=1S/C12H13NO2S/c1-7-5-12(16)13-10-6-9(8(2)14)3-4-11(10)15-7/h3-4,6-7H,5H2,1-2H3,(H,13,16). The van der Waals surface area contributed by atoms with Crippen LogP contribution < -0.4 is 10.1 Å². The molecule has 0 bridgehead atoms. The first-order chi connectivity index (χ1) is 7.56. The second-order valence-electron chi connectivity index (χ2n) is 3.95. The highest BCUT2D eigenvalue weighted by Crippen LogP contribution is 2.30. The van der Waals surface area contributed by atoms with Gasteiger partial charge in [0.05, 0.1) is 10.7 Å². The second-order valence-corrected chi connectivity index (χ2v) is 4.44. The SMILES string of the molecule is CC(=O)c1ccc2c(c1)NC(=S)CC(C)O2. The number of carbonyl (C=O) groups is 1. The van der Waals surface area contributed by atoms with Crippen molar-refractivity contribution in [1.82, 2.24) is 0 Å². The van der Waals surface area contributed by atoms with E-state index in [4.69, 9.17) is 17.0 Å². The molecular formula is C12H13NO2S. The Hall–Kier alpha value is -1.42. The molecule has 0 radical (unpaired) electrons. The summed E-state index contributed by atoms with van der Waals surface area (Å²) in [6, 6.07) is 5.36. The fourth-order valence-corrected chi connectivity index (χ4v) is 2.01. The fraction of sp³-hybridized carbons (Fsp3) is 0.333. The van der Waals surface area contributed by atoms with Crippen molar-refractivity contribution in [2.75, 3.05) is 5.32 Å². The number of anilines is 1. The minimum Gasteiger partial charge on any atom is -0.488 e. The highest BCUT2D eigenvalue weighted by molar-refractivity contribution is 7.80. The van der Waals surface area contributed by atoms with Crippen molar-refractivity contribution in [3.8, 4) is 5.75 Å². The minimum atomic E-state index is 0.0350. The van der Waals surface area contributed by atoms with Gasteiger partial charge in [-0.05, 0) is 32.0 Å². The third-order valence-corrected chi connectivity index (χ3v) is 2.73. The molecule has 0 fully saturated rings. The summed E-state index contributed by atoms with van der Waals surface area (Å²) in [7, 11) is 0. The number of ketones is 1. The maximum Gasteiger partial charge on any atom is 0.159 e. The smallest absolute Gasteiger partial charge is 0.159 e. The Morgan fingerprint density at radius 3 is 3.00 bits per heavy atom. The number of Topliss-reactive ketones (excluding diaryl/α,β-unsaturated/α-hetero) is 1. The van der Waals surface area contributed by atoms with Crippen LogP contribution in [-0.4, -0.2) is 16.9 Å². The lowest BCUT2D eigenvalue weighted by Gasteiger charge is -2.11. The molecule has 1 N–H and O–H groups in total. The highest BCUT2D eigenvalue weighted by atomic mass is 32.1. The average molecular weight is 235 g/mol. The van der Waals surface area contributed by atoms with Crippen LogP contribution in [-0.2, 0) is 0 Å². The van der Waals surface area contributed by atoms with Gasteiger partial charge in [-0.25, -0.2) is 0 Å². The molecule has 2 rings (SSSR count). The summed E-state index contributed by atoms with van der Waals surface area (Å²) in [6.07, 6.45) is 0.754. The quantitative estimate of drug-likeness (QED) is 0.600. The molecule has 1 aliphatic heterocycles. The lowest BCUT2D eigenvalue weighted by Crippen LogP contribution is -2.15. The predicted molar refractivity (Wildman–Crippen MR) is 67.4 cm³/mol. The van der Waals surface area contributed by atoms with Crippen LogP contribution in [0.2, 0.25) is 0 Å². The Bertz CT molecular complexity index is 456. The van der Waals surface area contributed by atoms with Crippen molar-refractivity contribution in [1.29, 1.82) is 0 Å². The Labute approximate surface area is 99.8 Å². The van der Waals surface area contributed by atoms with Crippen molar-refractivity contribution >= 4 is 28.7 Å². The summed E-state index contributed by atoms with van der Waals surface area (Å²) in [4.78, 5) is 12.0. The highest BCUT2D eigenvalue weighted by Gasteiger charge is 2.17. The molecule has 1 atom stereocenters. The molecule has 0 saturated carbocycles. The van der Waals surface area contributed by atoms with Crippen molar-refractivity contribution < 1.29 is 9.53 Å². The van der Waals surface area contributed by atoms with Gasteiger partial charge in [-0.3, -0.25) is 4.79 Å². The van der Waals surface area contributed by atoms with Gasteiger partial charge in [0, 0.05) is 12.0 Å². The Balaban J connectivity index is 2.42. The van der Waals surface area contributed by atoms with E-state index in [1.165, 1.54) is 0 Å². The average Bonchev–Trinajstić information content (AvgIpc) is 2.32. The van der Waals surface area contributed by atoms with Gasteiger partial charge in [0.1, 0.15) is 11.9 Å². The van der Waals surface area contributed by atoms with Gasteiger partial charge in [0.25, 0.3) is 0 Å². The van der Waals surface area contributed by atoms with E-state index >= 15 is 0 Å². The van der Waals surface area contributed by atoms with E-state index in [-0.39, 0.29) is 11.9 Å².